The Morgan fingerprint density at radius 3 is 2.87 bits per heavy atom. The lowest BCUT2D eigenvalue weighted by molar-refractivity contribution is 0.183. The molecule has 0 saturated heterocycles. The van der Waals surface area contributed by atoms with E-state index in [0.29, 0.717) is 6.04 Å². The molecule has 0 aliphatic heterocycles. The minimum atomic E-state index is 0.216. The monoisotopic (exact) mass is 228 g/mol. The fourth-order valence-corrected chi connectivity index (χ4v) is 2.27. The Balaban J connectivity index is 1.92. The van der Waals surface area contributed by atoms with Crippen LogP contribution in [0.25, 0.3) is 0 Å². The van der Waals surface area contributed by atoms with Gasteiger partial charge < -0.3 is 10.4 Å². The molecule has 1 aliphatic carbocycles. The smallest absolute Gasteiger partial charge is 0.205 e. The van der Waals surface area contributed by atoms with E-state index in [2.05, 4.69) is 20.4 Å². The number of hydrogen-bond donors (Lipinski definition) is 2. The molecule has 15 heavy (non-hydrogen) atoms. The zero-order valence-corrected chi connectivity index (χ0v) is 9.63. The second-order valence-corrected chi connectivity index (χ2v) is 4.74. The molecule has 1 aromatic heterocycles. The summed E-state index contributed by atoms with van der Waals surface area (Å²) < 4.78 is 0. The number of rotatable bonds is 6. The van der Waals surface area contributed by atoms with Gasteiger partial charge in [0.25, 0.3) is 0 Å². The van der Waals surface area contributed by atoms with E-state index in [1.165, 1.54) is 12.8 Å². The molecule has 1 heterocycles. The molecule has 0 atom stereocenters. The van der Waals surface area contributed by atoms with Crippen LogP contribution in [0.1, 0.15) is 17.8 Å². The van der Waals surface area contributed by atoms with Gasteiger partial charge in [0.05, 0.1) is 13.2 Å². The van der Waals surface area contributed by atoms with Crippen molar-refractivity contribution in [2.45, 2.75) is 25.4 Å². The first-order chi connectivity index (χ1) is 7.33. The van der Waals surface area contributed by atoms with Crippen LogP contribution in [-0.4, -0.2) is 46.4 Å². The van der Waals surface area contributed by atoms with Gasteiger partial charge in [-0.05, 0) is 12.8 Å². The number of nitrogens with one attached hydrogen (secondary N) is 1. The van der Waals surface area contributed by atoms with E-state index < -0.39 is 0 Å². The van der Waals surface area contributed by atoms with E-state index in [4.69, 9.17) is 5.11 Å². The van der Waals surface area contributed by atoms with Crippen LogP contribution in [-0.2, 0) is 6.54 Å². The summed E-state index contributed by atoms with van der Waals surface area (Å²) in [4.78, 5) is 2.28. The summed E-state index contributed by atoms with van der Waals surface area (Å²) in [7, 11) is 1.84. The maximum atomic E-state index is 8.96. The van der Waals surface area contributed by atoms with Crippen molar-refractivity contribution in [3.8, 4) is 0 Å². The highest BCUT2D eigenvalue weighted by Gasteiger charge is 2.29. The zero-order chi connectivity index (χ0) is 10.7. The molecule has 5 nitrogen and oxygen atoms in total. The van der Waals surface area contributed by atoms with Crippen LogP contribution < -0.4 is 5.32 Å². The van der Waals surface area contributed by atoms with Crippen molar-refractivity contribution in [2.24, 2.45) is 0 Å². The van der Waals surface area contributed by atoms with Crippen molar-refractivity contribution in [1.29, 1.82) is 0 Å². The van der Waals surface area contributed by atoms with E-state index in [9.17, 15) is 0 Å². The molecule has 0 bridgehead atoms. The highest BCUT2D eigenvalue weighted by atomic mass is 32.1. The zero-order valence-electron chi connectivity index (χ0n) is 8.81. The molecule has 1 aromatic rings. The van der Waals surface area contributed by atoms with Gasteiger partial charge in [0.15, 0.2) is 0 Å². The molecule has 1 fully saturated rings. The van der Waals surface area contributed by atoms with Crippen LogP contribution in [0.3, 0.4) is 0 Å². The van der Waals surface area contributed by atoms with Gasteiger partial charge in [0.2, 0.25) is 5.13 Å². The Labute approximate surface area is 93.1 Å². The predicted octanol–water partition coefficient (Wildman–Crippen LogP) is 0.536. The van der Waals surface area contributed by atoms with Crippen LogP contribution >= 0.6 is 11.3 Å². The highest BCUT2D eigenvalue weighted by Crippen LogP contribution is 2.28. The van der Waals surface area contributed by atoms with E-state index in [1.807, 2.05) is 7.05 Å². The maximum absolute atomic E-state index is 8.96. The highest BCUT2D eigenvalue weighted by molar-refractivity contribution is 7.15. The van der Waals surface area contributed by atoms with E-state index >= 15 is 0 Å². The summed E-state index contributed by atoms with van der Waals surface area (Å²) in [6, 6.07) is 0.652. The molecule has 2 rings (SSSR count). The number of anilines is 1. The Morgan fingerprint density at radius 2 is 2.33 bits per heavy atom. The van der Waals surface area contributed by atoms with Gasteiger partial charge in [-0.3, -0.25) is 4.90 Å². The van der Waals surface area contributed by atoms with Gasteiger partial charge in [0.1, 0.15) is 5.01 Å². The average molecular weight is 228 g/mol. The summed E-state index contributed by atoms with van der Waals surface area (Å²) in [5, 5.41) is 21.9. The quantitative estimate of drug-likeness (QED) is 0.744. The fraction of sp³-hybridized carbons (Fsp3) is 0.778. The molecule has 6 heteroatoms. The summed E-state index contributed by atoms with van der Waals surface area (Å²) in [6.07, 6.45) is 2.50. The van der Waals surface area contributed by atoms with Gasteiger partial charge in [-0.2, -0.15) is 0 Å². The maximum Gasteiger partial charge on any atom is 0.205 e. The first kappa shape index (κ1) is 10.8. The lowest BCUT2D eigenvalue weighted by atomic mass is 10.4. The molecule has 2 N–H and O–H groups in total. The van der Waals surface area contributed by atoms with Gasteiger partial charge in [-0.1, -0.05) is 11.3 Å². The summed E-state index contributed by atoms with van der Waals surface area (Å²) in [6.45, 7) is 1.76. The van der Waals surface area contributed by atoms with E-state index in [0.717, 1.165) is 23.2 Å². The fourth-order valence-electron chi connectivity index (χ4n) is 1.55. The van der Waals surface area contributed by atoms with Crippen molar-refractivity contribution in [3.05, 3.63) is 5.01 Å². The summed E-state index contributed by atoms with van der Waals surface area (Å²) in [5.74, 6) is 0. The van der Waals surface area contributed by atoms with Gasteiger partial charge in [-0.25, -0.2) is 0 Å². The van der Waals surface area contributed by atoms with Crippen LogP contribution in [0.2, 0.25) is 0 Å². The third-order valence-corrected chi connectivity index (χ3v) is 3.40. The van der Waals surface area contributed by atoms with Crippen molar-refractivity contribution < 1.29 is 5.11 Å². The molecular formula is C9H16N4OS. The van der Waals surface area contributed by atoms with E-state index in [1.54, 1.807) is 11.3 Å². The Morgan fingerprint density at radius 1 is 1.53 bits per heavy atom. The minimum Gasteiger partial charge on any atom is -0.395 e. The lowest BCUT2D eigenvalue weighted by Crippen LogP contribution is -2.28. The molecule has 1 aliphatic rings. The molecule has 0 spiro atoms. The number of hydrogen-bond acceptors (Lipinski definition) is 6. The number of nitrogens with zero attached hydrogens (tertiary/aromatic N) is 3. The molecule has 0 radical (unpaired) electrons. The van der Waals surface area contributed by atoms with Gasteiger partial charge >= 0.3 is 0 Å². The number of aromatic nitrogens is 2. The minimum absolute atomic E-state index is 0.216. The average Bonchev–Trinajstić information content (AvgIpc) is 2.99. The topological polar surface area (TPSA) is 61.3 Å². The van der Waals surface area contributed by atoms with E-state index in [-0.39, 0.29) is 6.61 Å². The normalized spacial score (nSPS) is 15.9. The standard InChI is InChI=1S/C9H16N4OS/c1-10-9-12-11-8(15-9)6-13(4-5-14)7-2-3-7/h7,14H,2-6H2,1H3,(H,10,12). The molecule has 0 amide bonds. The van der Waals surface area contributed by atoms with Gasteiger partial charge in [0, 0.05) is 19.6 Å². The first-order valence-corrected chi connectivity index (χ1v) is 6.00. The third-order valence-electron chi connectivity index (χ3n) is 2.47. The van der Waals surface area contributed by atoms with Crippen LogP contribution in [0.15, 0.2) is 0 Å². The molecular weight excluding hydrogens is 212 g/mol. The second kappa shape index (κ2) is 4.87. The third kappa shape index (κ3) is 2.87. The largest absolute Gasteiger partial charge is 0.395 e. The van der Waals surface area contributed by atoms with Crippen LogP contribution in [0.5, 0.6) is 0 Å². The Kier molecular flexibility index (Phi) is 3.50. The Hall–Kier alpha value is -0.720. The Bertz CT molecular complexity index is 313. The van der Waals surface area contributed by atoms with Crippen molar-refractivity contribution >= 4 is 16.5 Å². The van der Waals surface area contributed by atoms with Crippen LogP contribution in [0.4, 0.5) is 5.13 Å². The number of aliphatic hydroxyl groups is 1. The molecule has 0 unspecified atom stereocenters. The summed E-state index contributed by atoms with van der Waals surface area (Å²) >= 11 is 1.58. The predicted molar refractivity (Wildman–Crippen MR) is 60.0 cm³/mol. The number of aliphatic hydroxyl groups excluding tert-OH is 1. The molecule has 0 aromatic carbocycles. The van der Waals surface area contributed by atoms with Crippen molar-refractivity contribution in [1.82, 2.24) is 15.1 Å². The van der Waals surface area contributed by atoms with Gasteiger partial charge in [-0.15, -0.1) is 10.2 Å². The SMILES string of the molecule is CNc1nnc(CN(CCO)C2CC2)s1. The summed E-state index contributed by atoms with van der Waals surface area (Å²) in [5.41, 5.74) is 0. The van der Waals surface area contributed by atoms with Crippen molar-refractivity contribution in [3.63, 3.8) is 0 Å². The van der Waals surface area contributed by atoms with Crippen LogP contribution in [0, 0.1) is 0 Å². The second-order valence-electron chi connectivity index (χ2n) is 3.68. The first-order valence-electron chi connectivity index (χ1n) is 5.18. The molecule has 84 valence electrons. The lowest BCUT2D eigenvalue weighted by Gasteiger charge is -2.18. The van der Waals surface area contributed by atoms with Crippen molar-refractivity contribution in [2.75, 3.05) is 25.5 Å². The molecule has 1 saturated carbocycles.